The minimum absolute atomic E-state index is 0.113. The summed E-state index contributed by atoms with van der Waals surface area (Å²) < 4.78 is 8.14. The van der Waals surface area contributed by atoms with Crippen molar-refractivity contribution in [3.8, 4) is 11.4 Å². The second-order valence-electron chi connectivity index (χ2n) is 7.41. The van der Waals surface area contributed by atoms with E-state index in [1.165, 1.54) is 11.8 Å². The van der Waals surface area contributed by atoms with Gasteiger partial charge in [0, 0.05) is 16.6 Å². The number of aryl methyl sites for hydroxylation is 1. The largest absolute Gasteiger partial charge is 0.497 e. The number of halogens is 1. The number of hydrogen-bond acceptors (Lipinski definition) is 5. The summed E-state index contributed by atoms with van der Waals surface area (Å²) >= 11 is 4.85. The van der Waals surface area contributed by atoms with Crippen LogP contribution in [0.1, 0.15) is 17.0 Å². The molecule has 4 rings (SSSR count). The van der Waals surface area contributed by atoms with Gasteiger partial charge in [0.25, 0.3) is 0 Å². The van der Waals surface area contributed by atoms with E-state index in [2.05, 4.69) is 43.6 Å². The Kier molecular flexibility index (Phi) is 7.47. The summed E-state index contributed by atoms with van der Waals surface area (Å²) in [6, 6.07) is 23.7. The van der Waals surface area contributed by atoms with E-state index in [1.807, 2.05) is 72.2 Å². The third kappa shape index (κ3) is 5.83. The SMILES string of the molecule is COc1ccc(-n2c(Cc3ccccc3)nnc2SCC(=O)Nc2ccc(C)cc2Br)cc1. The van der Waals surface area contributed by atoms with Gasteiger partial charge in [-0.3, -0.25) is 9.36 Å². The molecule has 4 aromatic rings. The highest BCUT2D eigenvalue weighted by Gasteiger charge is 2.17. The molecule has 0 aliphatic rings. The van der Waals surface area contributed by atoms with E-state index in [1.54, 1.807) is 7.11 Å². The van der Waals surface area contributed by atoms with Crippen LogP contribution in [0, 0.1) is 6.92 Å². The average Bonchev–Trinajstić information content (AvgIpc) is 3.22. The van der Waals surface area contributed by atoms with Crippen molar-refractivity contribution < 1.29 is 9.53 Å². The lowest BCUT2D eigenvalue weighted by Gasteiger charge is -2.12. The van der Waals surface area contributed by atoms with Crippen molar-refractivity contribution in [3.05, 3.63) is 94.2 Å². The number of hydrogen-bond donors (Lipinski definition) is 1. The van der Waals surface area contributed by atoms with Crippen LogP contribution in [0.2, 0.25) is 0 Å². The third-order valence-electron chi connectivity index (χ3n) is 4.97. The number of anilines is 1. The number of nitrogens with zero attached hydrogens (tertiary/aromatic N) is 3. The normalized spacial score (nSPS) is 10.8. The zero-order valence-electron chi connectivity index (χ0n) is 18.3. The van der Waals surface area contributed by atoms with Crippen molar-refractivity contribution >= 4 is 39.3 Å². The highest BCUT2D eigenvalue weighted by Crippen LogP contribution is 2.27. The molecule has 3 aromatic carbocycles. The summed E-state index contributed by atoms with van der Waals surface area (Å²) in [7, 11) is 1.64. The van der Waals surface area contributed by atoms with E-state index in [0.717, 1.165) is 38.5 Å². The number of rotatable bonds is 8. The van der Waals surface area contributed by atoms with E-state index in [0.29, 0.717) is 11.6 Å². The third-order valence-corrected chi connectivity index (χ3v) is 6.55. The summed E-state index contributed by atoms with van der Waals surface area (Å²) in [6.07, 6.45) is 0.628. The molecule has 6 nitrogen and oxygen atoms in total. The van der Waals surface area contributed by atoms with Crippen molar-refractivity contribution in [2.75, 3.05) is 18.2 Å². The van der Waals surface area contributed by atoms with Gasteiger partial charge in [-0.15, -0.1) is 10.2 Å². The maximum atomic E-state index is 12.6. The predicted octanol–water partition coefficient (Wildman–Crippen LogP) is 5.67. The highest BCUT2D eigenvalue weighted by molar-refractivity contribution is 9.10. The molecule has 0 saturated heterocycles. The van der Waals surface area contributed by atoms with Crippen LogP contribution >= 0.6 is 27.7 Å². The topological polar surface area (TPSA) is 69.0 Å². The first kappa shape index (κ1) is 23.1. The average molecular weight is 523 g/mol. The molecular weight excluding hydrogens is 500 g/mol. The minimum Gasteiger partial charge on any atom is -0.497 e. The molecule has 8 heteroatoms. The molecule has 0 bridgehead atoms. The van der Waals surface area contributed by atoms with Crippen LogP contribution in [-0.4, -0.2) is 33.5 Å². The molecule has 168 valence electrons. The smallest absolute Gasteiger partial charge is 0.234 e. The van der Waals surface area contributed by atoms with Gasteiger partial charge in [0.05, 0.1) is 18.6 Å². The fourth-order valence-corrected chi connectivity index (χ4v) is 4.68. The molecule has 0 unspecified atom stereocenters. The molecular formula is C25H23BrN4O2S. The standard InChI is InChI=1S/C25H23BrN4O2S/c1-17-8-13-22(21(26)14-17)27-24(31)16-33-25-29-28-23(15-18-6-4-3-5-7-18)30(25)19-9-11-20(32-2)12-10-19/h3-14H,15-16H2,1-2H3,(H,27,31). The van der Waals surface area contributed by atoms with Gasteiger partial charge in [0.2, 0.25) is 5.91 Å². The minimum atomic E-state index is -0.113. The van der Waals surface area contributed by atoms with Gasteiger partial charge in [-0.25, -0.2) is 0 Å². The molecule has 1 amide bonds. The van der Waals surface area contributed by atoms with E-state index in [4.69, 9.17) is 4.74 Å². The molecule has 0 radical (unpaired) electrons. The Morgan fingerprint density at radius 1 is 1.06 bits per heavy atom. The Morgan fingerprint density at radius 2 is 1.82 bits per heavy atom. The summed E-state index contributed by atoms with van der Waals surface area (Å²) in [5, 5.41) is 12.4. The molecule has 0 spiro atoms. The van der Waals surface area contributed by atoms with Crippen molar-refractivity contribution in [2.24, 2.45) is 0 Å². The fourth-order valence-electron chi connectivity index (χ4n) is 3.32. The summed E-state index contributed by atoms with van der Waals surface area (Å²) in [6.45, 7) is 2.01. The molecule has 33 heavy (non-hydrogen) atoms. The second kappa shape index (κ2) is 10.7. The van der Waals surface area contributed by atoms with Crippen LogP contribution in [0.3, 0.4) is 0 Å². The molecule has 1 N–H and O–H groups in total. The van der Waals surface area contributed by atoms with Crippen LogP contribution in [0.5, 0.6) is 5.75 Å². The number of benzene rings is 3. The van der Waals surface area contributed by atoms with Crippen LogP contribution in [-0.2, 0) is 11.2 Å². The Balaban J connectivity index is 1.55. The van der Waals surface area contributed by atoms with Gasteiger partial charge >= 0.3 is 0 Å². The van der Waals surface area contributed by atoms with E-state index < -0.39 is 0 Å². The van der Waals surface area contributed by atoms with Gasteiger partial charge in [-0.2, -0.15) is 0 Å². The van der Waals surface area contributed by atoms with Gasteiger partial charge in [0.15, 0.2) is 5.16 Å². The predicted molar refractivity (Wildman–Crippen MR) is 135 cm³/mol. The molecule has 0 atom stereocenters. The van der Waals surface area contributed by atoms with Crippen molar-refractivity contribution in [2.45, 2.75) is 18.5 Å². The van der Waals surface area contributed by atoms with Gasteiger partial charge in [-0.05, 0) is 70.4 Å². The number of nitrogens with one attached hydrogen (secondary N) is 1. The first-order valence-electron chi connectivity index (χ1n) is 10.3. The maximum Gasteiger partial charge on any atom is 0.234 e. The molecule has 0 aliphatic heterocycles. The van der Waals surface area contributed by atoms with Crippen LogP contribution < -0.4 is 10.1 Å². The molecule has 1 heterocycles. The lowest BCUT2D eigenvalue weighted by atomic mass is 10.1. The Bertz CT molecular complexity index is 1240. The lowest BCUT2D eigenvalue weighted by molar-refractivity contribution is -0.113. The maximum absolute atomic E-state index is 12.6. The molecule has 0 saturated carbocycles. The van der Waals surface area contributed by atoms with Crippen molar-refractivity contribution in [1.29, 1.82) is 0 Å². The quantitative estimate of drug-likeness (QED) is 0.302. The van der Waals surface area contributed by atoms with Gasteiger partial charge in [-0.1, -0.05) is 48.2 Å². The first-order chi connectivity index (χ1) is 16.0. The van der Waals surface area contributed by atoms with Crippen molar-refractivity contribution in [1.82, 2.24) is 14.8 Å². The summed E-state index contributed by atoms with van der Waals surface area (Å²) in [5.41, 5.74) is 3.91. The molecule has 0 fully saturated rings. The zero-order chi connectivity index (χ0) is 23.2. The Labute approximate surface area is 205 Å². The number of thioether (sulfide) groups is 1. The highest BCUT2D eigenvalue weighted by atomic mass is 79.9. The van der Waals surface area contributed by atoms with E-state index in [-0.39, 0.29) is 11.7 Å². The Morgan fingerprint density at radius 3 is 2.52 bits per heavy atom. The monoisotopic (exact) mass is 522 g/mol. The molecule has 1 aromatic heterocycles. The summed E-state index contributed by atoms with van der Waals surface area (Å²) in [5.74, 6) is 1.67. The van der Waals surface area contributed by atoms with E-state index in [9.17, 15) is 4.79 Å². The number of amides is 1. The second-order valence-corrected chi connectivity index (χ2v) is 9.21. The number of methoxy groups -OCH3 is 1. The van der Waals surface area contributed by atoms with Gasteiger partial charge in [0.1, 0.15) is 11.6 Å². The van der Waals surface area contributed by atoms with Crippen LogP contribution in [0.4, 0.5) is 5.69 Å². The Hall–Kier alpha value is -3.10. The number of carbonyl (C=O) groups excluding carboxylic acids is 1. The van der Waals surface area contributed by atoms with Crippen LogP contribution in [0.15, 0.2) is 82.4 Å². The first-order valence-corrected chi connectivity index (χ1v) is 12.1. The summed E-state index contributed by atoms with van der Waals surface area (Å²) in [4.78, 5) is 12.6. The van der Waals surface area contributed by atoms with E-state index >= 15 is 0 Å². The number of carbonyl (C=O) groups is 1. The van der Waals surface area contributed by atoms with Gasteiger partial charge < -0.3 is 10.1 Å². The number of aromatic nitrogens is 3. The zero-order valence-corrected chi connectivity index (χ0v) is 20.7. The van der Waals surface area contributed by atoms with Crippen LogP contribution in [0.25, 0.3) is 5.69 Å². The molecule has 0 aliphatic carbocycles. The lowest BCUT2D eigenvalue weighted by Crippen LogP contribution is -2.15. The number of ether oxygens (including phenoxy) is 1. The van der Waals surface area contributed by atoms with Crippen molar-refractivity contribution in [3.63, 3.8) is 0 Å². The fraction of sp³-hybridized carbons (Fsp3) is 0.160.